The smallest absolute Gasteiger partial charge is 0.409 e. The third-order valence-corrected chi connectivity index (χ3v) is 13.6. The monoisotopic (exact) mass is 894 g/mol. The molecule has 9 atom stereocenters. The first-order valence-electron chi connectivity index (χ1n) is 21.1. The molecule has 342 valence electrons. The first-order valence-corrected chi connectivity index (χ1v) is 21.9. The van der Waals surface area contributed by atoms with Gasteiger partial charge in [0.1, 0.15) is 23.3 Å². The summed E-state index contributed by atoms with van der Waals surface area (Å²) in [4.78, 5) is 62.0. The predicted molar refractivity (Wildman–Crippen MR) is 236 cm³/mol. The van der Waals surface area contributed by atoms with Crippen LogP contribution in [0.1, 0.15) is 71.3 Å². The number of aromatic nitrogens is 1. The molecule has 1 fully saturated rings. The molecule has 6 rings (SSSR count). The molecule has 0 radical (unpaired) electrons. The number of phenolic OH excluding ortho intramolecular Hbond substituents is 2. The molecular formula is C45H58N4O13S. The minimum absolute atomic E-state index is 0.00570. The number of aliphatic hydroxyl groups excluding tert-OH is 2. The summed E-state index contributed by atoms with van der Waals surface area (Å²) in [5.41, 5.74) is 0.494. The zero-order valence-corrected chi connectivity index (χ0v) is 38.1. The SMILES string of the molecule is CCOC(=O)N1CCN(c2nc3c(s2)c2c(O)c4c(O)c(C)c5c(c43)C(=O)[C@@](C)(O/C=C\[C@H](OC)[C@@H](C)[C@@H](OC(C)=O)[C@H](C)[C@H](O)[C@H](C)[C@@H](O)[C@@H](C)/C=C\C=C(\C)C(=O)N2)O5)CC1. The van der Waals surface area contributed by atoms with E-state index in [-0.39, 0.29) is 51.0 Å². The minimum atomic E-state index is -1.99. The number of thiazole rings is 1. The van der Waals surface area contributed by atoms with Crippen LogP contribution in [0.15, 0.2) is 36.1 Å². The standard InChI is InChI=1S/C45H58N4O13S/c1-11-59-44(57)49-18-16-48(17-19-49)43-47-32-29-30-36(53)26(7)39-31(29)41(55)45(9,62-39)60-20-15-28(58-10)23(4)38(61-27(8)50)25(6)35(52)24(5)34(51)21(2)13-12-14-22(3)42(56)46-33(37(30)54)40(32)63-43/h12-15,20-21,23-25,28,34-35,38,51-54H,11,16-19H2,1-10H3,(H,46,56)/b13-12-,20-15-,22-14-/t21-,23+,24+,25+,28-,34-,35+,38+,45-/m0/s1. The van der Waals surface area contributed by atoms with E-state index in [1.54, 1.807) is 64.7 Å². The van der Waals surface area contributed by atoms with Crippen LogP contribution in [-0.2, 0) is 28.5 Å². The largest absolute Gasteiger partial charge is 0.507 e. The van der Waals surface area contributed by atoms with Crippen LogP contribution in [0.25, 0.3) is 21.0 Å². The highest BCUT2D eigenvalue weighted by atomic mass is 32.1. The van der Waals surface area contributed by atoms with E-state index in [1.807, 2.05) is 4.90 Å². The number of allylic oxidation sites excluding steroid dienone is 2. The number of carbonyl (C=O) groups excluding carboxylic acids is 4. The van der Waals surface area contributed by atoms with Gasteiger partial charge in [0.05, 0.1) is 52.3 Å². The predicted octanol–water partition coefficient (Wildman–Crippen LogP) is 5.94. The van der Waals surface area contributed by atoms with Crippen molar-refractivity contribution in [2.24, 2.45) is 23.7 Å². The molecule has 4 bridgehead atoms. The summed E-state index contributed by atoms with van der Waals surface area (Å²) in [5.74, 6) is -7.18. The second kappa shape index (κ2) is 18.7. The molecule has 4 heterocycles. The van der Waals surface area contributed by atoms with E-state index in [0.717, 1.165) is 11.3 Å². The molecule has 2 aromatic carbocycles. The zero-order valence-electron chi connectivity index (χ0n) is 37.3. The highest BCUT2D eigenvalue weighted by Crippen LogP contribution is 2.55. The number of Topliss-reactive ketones (excluding diaryl/α,β-unsaturated/α-hetero) is 1. The Labute approximate surface area is 369 Å². The topological polar surface area (TPSA) is 227 Å². The zero-order chi connectivity index (χ0) is 46.2. The lowest BCUT2D eigenvalue weighted by molar-refractivity contribution is -0.160. The molecule has 18 heteroatoms. The van der Waals surface area contributed by atoms with E-state index in [0.29, 0.717) is 36.0 Å². The van der Waals surface area contributed by atoms with E-state index in [9.17, 15) is 39.6 Å². The quantitative estimate of drug-likeness (QED) is 0.151. The van der Waals surface area contributed by atoms with Gasteiger partial charge < -0.3 is 59.2 Å². The number of methoxy groups -OCH3 is 1. The first-order chi connectivity index (χ1) is 29.8. The number of rotatable bonds is 4. The van der Waals surface area contributed by atoms with Gasteiger partial charge in [-0.15, -0.1) is 0 Å². The second-order valence-electron chi connectivity index (χ2n) is 16.7. The van der Waals surface area contributed by atoms with Gasteiger partial charge in [0, 0.05) is 87.3 Å². The molecule has 17 nitrogen and oxygen atoms in total. The normalized spacial score (nSPS) is 30.4. The van der Waals surface area contributed by atoms with Gasteiger partial charge in [0.2, 0.25) is 0 Å². The number of carbonyl (C=O) groups is 4. The van der Waals surface area contributed by atoms with Gasteiger partial charge >= 0.3 is 17.8 Å². The molecule has 5 N–H and O–H groups in total. The average Bonchev–Trinajstić information content (AvgIpc) is 3.81. The Morgan fingerprint density at radius 2 is 1.67 bits per heavy atom. The van der Waals surface area contributed by atoms with Crippen molar-refractivity contribution in [3.05, 3.63) is 47.3 Å². The fourth-order valence-electron chi connectivity index (χ4n) is 8.54. The van der Waals surface area contributed by atoms with Crippen molar-refractivity contribution < 1.29 is 63.3 Å². The number of benzene rings is 2. The lowest BCUT2D eigenvalue weighted by Crippen LogP contribution is -2.48. The number of esters is 1. The molecule has 1 aromatic heterocycles. The van der Waals surface area contributed by atoms with Gasteiger partial charge in [0.25, 0.3) is 11.7 Å². The maximum Gasteiger partial charge on any atom is 0.409 e. The number of anilines is 2. The van der Waals surface area contributed by atoms with E-state index in [2.05, 4.69) is 5.32 Å². The maximum absolute atomic E-state index is 14.7. The molecule has 63 heavy (non-hydrogen) atoms. The number of ether oxygens (including phenoxy) is 5. The van der Waals surface area contributed by atoms with Gasteiger partial charge in [-0.25, -0.2) is 9.78 Å². The molecule has 3 aromatic rings. The fourth-order valence-corrected chi connectivity index (χ4v) is 9.67. The number of hydrogen-bond donors (Lipinski definition) is 5. The van der Waals surface area contributed by atoms with Crippen LogP contribution in [0.2, 0.25) is 0 Å². The van der Waals surface area contributed by atoms with Gasteiger partial charge in [0.15, 0.2) is 10.9 Å². The third kappa shape index (κ3) is 8.90. The van der Waals surface area contributed by atoms with Crippen molar-refractivity contribution >= 4 is 66.9 Å². The number of piperazine rings is 1. The third-order valence-electron chi connectivity index (χ3n) is 12.4. The van der Waals surface area contributed by atoms with Crippen LogP contribution in [0.4, 0.5) is 15.6 Å². The number of fused-ring (bicyclic) bond motifs is 1. The highest BCUT2D eigenvalue weighted by Gasteiger charge is 2.50. The molecule has 0 aliphatic carbocycles. The summed E-state index contributed by atoms with van der Waals surface area (Å²) in [6, 6.07) is 0. The van der Waals surface area contributed by atoms with E-state index < -0.39 is 89.1 Å². The molecule has 0 saturated carbocycles. The Hall–Kier alpha value is -5.43. The van der Waals surface area contributed by atoms with E-state index >= 15 is 0 Å². The summed E-state index contributed by atoms with van der Waals surface area (Å²) in [6.45, 7) is 16.2. The van der Waals surface area contributed by atoms with Crippen LogP contribution in [0, 0.1) is 30.6 Å². The second-order valence-corrected chi connectivity index (χ2v) is 17.7. The Morgan fingerprint density at radius 3 is 2.30 bits per heavy atom. The van der Waals surface area contributed by atoms with Gasteiger partial charge in [-0.05, 0) is 26.8 Å². The highest BCUT2D eigenvalue weighted by molar-refractivity contribution is 7.23. The summed E-state index contributed by atoms with van der Waals surface area (Å²) in [6.07, 6.45) is 3.34. The van der Waals surface area contributed by atoms with E-state index in [4.69, 9.17) is 28.7 Å². The number of phenols is 2. The molecule has 1 saturated heterocycles. The van der Waals surface area contributed by atoms with Crippen molar-refractivity contribution in [3.8, 4) is 17.2 Å². The Kier molecular flexibility index (Phi) is 14.0. The number of ketones is 1. The number of aromatic hydroxyl groups is 2. The van der Waals surface area contributed by atoms with Gasteiger partial charge in [-0.2, -0.15) is 0 Å². The number of amides is 2. The molecule has 3 aliphatic rings. The number of nitrogens with zero attached hydrogens (tertiary/aromatic N) is 3. The van der Waals surface area contributed by atoms with Crippen LogP contribution < -0.4 is 15.0 Å². The summed E-state index contributed by atoms with van der Waals surface area (Å²) in [7, 11) is 1.45. The van der Waals surface area contributed by atoms with Crippen LogP contribution in [0.3, 0.4) is 0 Å². The minimum Gasteiger partial charge on any atom is -0.507 e. The molecule has 2 amide bonds. The van der Waals surface area contributed by atoms with Crippen LogP contribution in [0.5, 0.6) is 17.2 Å². The van der Waals surface area contributed by atoms with Crippen LogP contribution in [-0.4, -0.2) is 124 Å². The lowest BCUT2D eigenvalue weighted by Gasteiger charge is -2.38. The van der Waals surface area contributed by atoms with Crippen molar-refractivity contribution in [2.45, 2.75) is 92.5 Å². The van der Waals surface area contributed by atoms with Crippen molar-refractivity contribution in [2.75, 3.05) is 50.1 Å². The summed E-state index contributed by atoms with van der Waals surface area (Å²) in [5, 5.41) is 50.1. The van der Waals surface area contributed by atoms with E-state index in [1.165, 1.54) is 40.2 Å². The maximum atomic E-state index is 14.7. The fraction of sp³-hybridized carbons (Fsp3) is 0.533. The Morgan fingerprint density at radius 1 is 0.984 bits per heavy atom. The number of nitrogens with one attached hydrogen (secondary N) is 1. The molecular weight excluding hydrogens is 837 g/mol. The lowest BCUT2D eigenvalue weighted by atomic mass is 9.78. The molecule has 0 spiro atoms. The molecule has 3 aliphatic heterocycles. The van der Waals surface area contributed by atoms with Crippen molar-refractivity contribution in [1.29, 1.82) is 0 Å². The van der Waals surface area contributed by atoms with Crippen molar-refractivity contribution in [3.63, 3.8) is 0 Å². The average molecular weight is 895 g/mol. The Bertz CT molecular complexity index is 2370. The number of hydrogen-bond acceptors (Lipinski definition) is 16. The van der Waals surface area contributed by atoms with Crippen molar-refractivity contribution in [1.82, 2.24) is 9.88 Å². The van der Waals surface area contributed by atoms with Gasteiger partial charge in [-0.1, -0.05) is 57.3 Å². The Balaban J connectivity index is 1.52. The summed E-state index contributed by atoms with van der Waals surface area (Å²) < 4.78 is 29.4. The first kappa shape index (κ1) is 47.1. The number of aliphatic hydroxyl groups is 2. The molecule has 0 unspecified atom stereocenters. The van der Waals surface area contributed by atoms with Crippen LogP contribution >= 0.6 is 11.3 Å². The summed E-state index contributed by atoms with van der Waals surface area (Å²) >= 11 is 1.15. The van der Waals surface area contributed by atoms with Gasteiger partial charge in [-0.3, -0.25) is 14.4 Å².